The summed E-state index contributed by atoms with van der Waals surface area (Å²) in [5.74, 6) is 0.901. The van der Waals surface area contributed by atoms with Gasteiger partial charge in [0.2, 0.25) is 0 Å². The molecule has 0 saturated carbocycles. The molecule has 3 nitrogen and oxygen atoms in total. The standard InChI is InChI=1S/C15H17BrN2O/c1-11(12-5-7-17-8-6-12)18-10-13-9-14(16)3-4-15(13)19-2/h3-9,11,18H,10H2,1-2H3/t11-/m0/s1. The van der Waals surface area contributed by atoms with Gasteiger partial charge in [-0.05, 0) is 42.8 Å². The maximum atomic E-state index is 5.37. The molecule has 1 aromatic carbocycles. The van der Waals surface area contributed by atoms with Crippen molar-refractivity contribution >= 4 is 15.9 Å². The lowest BCUT2D eigenvalue weighted by Gasteiger charge is -2.16. The molecule has 0 amide bonds. The maximum Gasteiger partial charge on any atom is 0.123 e. The van der Waals surface area contributed by atoms with Gasteiger partial charge in [-0.1, -0.05) is 15.9 Å². The van der Waals surface area contributed by atoms with Crippen LogP contribution in [-0.2, 0) is 6.54 Å². The molecule has 0 aliphatic rings. The van der Waals surface area contributed by atoms with Crippen molar-refractivity contribution in [1.29, 1.82) is 0 Å². The quantitative estimate of drug-likeness (QED) is 0.912. The van der Waals surface area contributed by atoms with Crippen molar-refractivity contribution in [2.45, 2.75) is 19.5 Å². The van der Waals surface area contributed by atoms with Gasteiger partial charge in [-0.15, -0.1) is 0 Å². The SMILES string of the molecule is COc1ccc(Br)cc1CN[C@@H](C)c1ccncc1. The zero-order valence-electron chi connectivity index (χ0n) is 11.1. The van der Waals surface area contributed by atoms with E-state index in [1.807, 2.05) is 36.7 Å². The average Bonchev–Trinajstić information content (AvgIpc) is 2.46. The molecule has 2 rings (SSSR count). The molecule has 0 saturated heterocycles. The summed E-state index contributed by atoms with van der Waals surface area (Å²) >= 11 is 3.49. The van der Waals surface area contributed by atoms with Gasteiger partial charge in [0.1, 0.15) is 5.75 Å². The number of hydrogen-bond donors (Lipinski definition) is 1. The Labute approximate surface area is 122 Å². The second-order valence-corrected chi connectivity index (χ2v) is 5.25. The van der Waals surface area contributed by atoms with E-state index >= 15 is 0 Å². The van der Waals surface area contributed by atoms with Crippen molar-refractivity contribution in [3.8, 4) is 5.75 Å². The van der Waals surface area contributed by atoms with E-state index in [0.717, 1.165) is 22.3 Å². The third-order valence-electron chi connectivity index (χ3n) is 3.05. The van der Waals surface area contributed by atoms with Gasteiger partial charge >= 0.3 is 0 Å². The Balaban J connectivity index is 2.04. The molecule has 1 atom stereocenters. The van der Waals surface area contributed by atoms with Crippen molar-refractivity contribution in [2.24, 2.45) is 0 Å². The number of rotatable bonds is 5. The van der Waals surface area contributed by atoms with E-state index < -0.39 is 0 Å². The lowest BCUT2D eigenvalue weighted by Crippen LogP contribution is -2.18. The second-order valence-electron chi connectivity index (χ2n) is 4.34. The number of nitrogens with one attached hydrogen (secondary N) is 1. The van der Waals surface area contributed by atoms with E-state index in [0.29, 0.717) is 0 Å². The normalized spacial score (nSPS) is 12.2. The number of aromatic nitrogens is 1. The Hall–Kier alpha value is -1.39. The van der Waals surface area contributed by atoms with Crippen LogP contribution in [0.4, 0.5) is 0 Å². The lowest BCUT2D eigenvalue weighted by molar-refractivity contribution is 0.406. The first kappa shape index (κ1) is 14.0. The minimum Gasteiger partial charge on any atom is -0.496 e. The molecule has 1 N–H and O–H groups in total. The Morgan fingerprint density at radius 1 is 1.26 bits per heavy atom. The summed E-state index contributed by atoms with van der Waals surface area (Å²) in [5.41, 5.74) is 2.36. The zero-order valence-corrected chi connectivity index (χ0v) is 12.6. The summed E-state index contributed by atoms with van der Waals surface area (Å²) in [6, 6.07) is 10.3. The number of halogens is 1. The van der Waals surface area contributed by atoms with Gasteiger partial charge in [0.15, 0.2) is 0 Å². The predicted molar refractivity (Wildman–Crippen MR) is 80.2 cm³/mol. The van der Waals surface area contributed by atoms with Crippen LogP contribution in [0.5, 0.6) is 5.75 Å². The lowest BCUT2D eigenvalue weighted by atomic mass is 10.1. The molecular weight excluding hydrogens is 304 g/mol. The topological polar surface area (TPSA) is 34.1 Å². The molecule has 100 valence electrons. The highest BCUT2D eigenvalue weighted by Crippen LogP contribution is 2.23. The minimum atomic E-state index is 0.270. The number of methoxy groups -OCH3 is 1. The van der Waals surface area contributed by atoms with Gasteiger partial charge in [0.25, 0.3) is 0 Å². The number of hydrogen-bond acceptors (Lipinski definition) is 3. The summed E-state index contributed by atoms with van der Waals surface area (Å²) in [5, 5.41) is 3.49. The average molecular weight is 321 g/mol. The van der Waals surface area contributed by atoms with Crippen molar-refractivity contribution in [2.75, 3.05) is 7.11 Å². The Morgan fingerprint density at radius 2 is 2.00 bits per heavy atom. The van der Waals surface area contributed by atoms with Crippen LogP contribution in [0.25, 0.3) is 0 Å². The largest absolute Gasteiger partial charge is 0.496 e. The number of pyridine rings is 1. The maximum absolute atomic E-state index is 5.37. The van der Waals surface area contributed by atoms with E-state index in [9.17, 15) is 0 Å². The fraction of sp³-hybridized carbons (Fsp3) is 0.267. The first-order valence-corrected chi connectivity index (χ1v) is 6.95. The molecule has 0 spiro atoms. The summed E-state index contributed by atoms with van der Waals surface area (Å²) in [6.45, 7) is 2.89. The van der Waals surface area contributed by atoms with Crippen molar-refractivity contribution in [1.82, 2.24) is 10.3 Å². The van der Waals surface area contributed by atoms with E-state index in [2.05, 4.69) is 39.2 Å². The summed E-state index contributed by atoms with van der Waals surface area (Å²) in [4.78, 5) is 4.03. The van der Waals surface area contributed by atoms with Crippen LogP contribution in [-0.4, -0.2) is 12.1 Å². The first-order valence-electron chi connectivity index (χ1n) is 6.16. The van der Waals surface area contributed by atoms with Gasteiger partial charge in [-0.3, -0.25) is 4.98 Å². The van der Waals surface area contributed by atoms with Gasteiger partial charge in [0.05, 0.1) is 7.11 Å². The predicted octanol–water partition coefficient (Wildman–Crippen LogP) is 3.70. The highest BCUT2D eigenvalue weighted by Gasteiger charge is 2.07. The number of ether oxygens (including phenoxy) is 1. The van der Waals surface area contributed by atoms with Gasteiger partial charge < -0.3 is 10.1 Å². The second kappa shape index (κ2) is 6.68. The van der Waals surface area contributed by atoms with Crippen LogP contribution < -0.4 is 10.1 Å². The molecule has 1 heterocycles. The van der Waals surface area contributed by atoms with E-state index in [4.69, 9.17) is 4.74 Å². The molecule has 4 heteroatoms. The number of benzene rings is 1. The summed E-state index contributed by atoms with van der Waals surface area (Å²) in [7, 11) is 1.69. The van der Waals surface area contributed by atoms with Crippen LogP contribution in [0, 0.1) is 0 Å². The Morgan fingerprint density at radius 3 is 2.68 bits per heavy atom. The van der Waals surface area contributed by atoms with Crippen molar-refractivity contribution in [3.63, 3.8) is 0 Å². The van der Waals surface area contributed by atoms with Gasteiger partial charge in [0, 0.05) is 35.0 Å². The molecule has 0 aliphatic carbocycles. The van der Waals surface area contributed by atoms with Crippen molar-refractivity contribution in [3.05, 3.63) is 58.3 Å². The monoisotopic (exact) mass is 320 g/mol. The molecule has 0 aliphatic heterocycles. The Bertz CT molecular complexity index is 531. The Kier molecular flexibility index (Phi) is 4.93. The van der Waals surface area contributed by atoms with Crippen LogP contribution in [0.2, 0.25) is 0 Å². The van der Waals surface area contributed by atoms with Crippen molar-refractivity contribution < 1.29 is 4.74 Å². The van der Waals surface area contributed by atoms with E-state index in [1.54, 1.807) is 7.11 Å². The molecule has 1 aromatic heterocycles. The third kappa shape index (κ3) is 3.78. The molecule has 0 unspecified atom stereocenters. The first-order chi connectivity index (χ1) is 9.20. The molecular formula is C15H17BrN2O. The minimum absolute atomic E-state index is 0.270. The third-order valence-corrected chi connectivity index (χ3v) is 3.54. The summed E-state index contributed by atoms with van der Waals surface area (Å²) < 4.78 is 6.42. The molecule has 0 radical (unpaired) electrons. The molecule has 0 fully saturated rings. The fourth-order valence-corrected chi connectivity index (χ4v) is 2.33. The van der Waals surface area contributed by atoms with Gasteiger partial charge in [-0.25, -0.2) is 0 Å². The fourth-order valence-electron chi connectivity index (χ4n) is 1.92. The highest BCUT2D eigenvalue weighted by molar-refractivity contribution is 9.10. The number of nitrogens with zero attached hydrogens (tertiary/aromatic N) is 1. The zero-order chi connectivity index (χ0) is 13.7. The van der Waals surface area contributed by atoms with Gasteiger partial charge in [-0.2, -0.15) is 0 Å². The van der Waals surface area contributed by atoms with E-state index in [-0.39, 0.29) is 6.04 Å². The molecule has 0 bridgehead atoms. The highest BCUT2D eigenvalue weighted by atomic mass is 79.9. The molecule has 19 heavy (non-hydrogen) atoms. The van der Waals surface area contributed by atoms with Crippen LogP contribution in [0.1, 0.15) is 24.1 Å². The van der Waals surface area contributed by atoms with Crippen LogP contribution >= 0.6 is 15.9 Å². The van der Waals surface area contributed by atoms with Crippen LogP contribution in [0.15, 0.2) is 47.2 Å². The molecule has 2 aromatic rings. The van der Waals surface area contributed by atoms with Crippen LogP contribution in [0.3, 0.4) is 0 Å². The smallest absolute Gasteiger partial charge is 0.123 e. The van der Waals surface area contributed by atoms with E-state index in [1.165, 1.54) is 5.56 Å². The summed E-state index contributed by atoms with van der Waals surface area (Å²) in [6.07, 6.45) is 3.63.